The van der Waals surface area contributed by atoms with E-state index in [1.165, 1.54) is 4.90 Å². The number of nitriles is 1. The maximum Gasteiger partial charge on any atom is 0.329 e. The highest BCUT2D eigenvalue weighted by molar-refractivity contribution is 5.93. The highest BCUT2D eigenvalue weighted by Crippen LogP contribution is 2.13. The van der Waals surface area contributed by atoms with Gasteiger partial charge in [0.05, 0.1) is 11.6 Å². The van der Waals surface area contributed by atoms with Crippen LogP contribution in [-0.4, -0.2) is 37.2 Å². The van der Waals surface area contributed by atoms with E-state index in [4.69, 9.17) is 15.1 Å². The fourth-order valence-electron chi connectivity index (χ4n) is 1.23. The average molecular weight is 248 g/mol. The number of carbonyl (C=O) groups excluding carboxylic acids is 1. The summed E-state index contributed by atoms with van der Waals surface area (Å²) in [6, 6.07) is 8.43. The van der Waals surface area contributed by atoms with Gasteiger partial charge < -0.3 is 14.7 Å². The zero-order chi connectivity index (χ0) is 13.5. The Kier molecular flexibility index (Phi) is 4.84. The summed E-state index contributed by atoms with van der Waals surface area (Å²) in [5.74, 6) is -1.48. The maximum atomic E-state index is 11.6. The molecule has 6 heteroatoms. The quantitative estimate of drug-likeness (QED) is 0.824. The van der Waals surface area contributed by atoms with Crippen molar-refractivity contribution >= 4 is 17.6 Å². The van der Waals surface area contributed by atoms with E-state index in [1.54, 1.807) is 31.3 Å². The first kappa shape index (κ1) is 13.7. The van der Waals surface area contributed by atoms with E-state index in [9.17, 15) is 9.59 Å². The Morgan fingerprint density at radius 1 is 1.33 bits per heavy atom. The molecule has 1 aromatic carbocycles. The average Bonchev–Trinajstić information content (AvgIpc) is 2.37. The molecule has 18 heavy (non-hydrogen) atoms. The van der Waals surface area contributed by atoms with Gasteiger partial charge in [0.2, 0.25) is 0 Å². The molecule has 0 aromatic heterocycles. The second-order valence-corrected chi connectivity index (χ2v) is 3.50. The molecule has 6 nitrogen and oxygen atoms in total. The lowest BCUT2D eigenvalue weighted by atomic mass is 10.2. The number of nitrogens with zero attached hydrogens (tertiary/aromatic N) is 2. The van der Waals surface area contributed by atoms with Gasteiger partial charge in [-0.05, 0) is 24.3 Å². The number of hydrogen-bond donors (Lipinski definition) is 1. The third-order valence-electron chi connectivity index (χ3n) is 2.21. The van der Waals surface area contributed by atoms with Crippen molar-refractivity contribution in [1.29, 1.82) is 5.26 Å². The molecule has 0 aliphatic carbocycles. The van der Waals surface area contributed by atoms with Crippen molar-refractivity contribution < 1.29 is 19.4 Å². The van der Waals surface area contributed by atoms with Gasteiger partial charge in [-0.25, -0.2) is 4.79 Å². The second-order valence-electron chi connectivity index (χ2n) is 3.50. The van der Waals surface area contributed by atoms with E-state index in [0.29, 0.717) is 11.3 Å². The van der Waals surface area contributed by atoms with Crippen LogP contribution in [0.15, 0.2) is 24.3 Å². The number of rotatable bonds is 5. The molecule has 1 amide bonds. The van der Waals surface area contributed by atoms with E-state index < -0.39 is 12.6 Å². The number of hydrogen-bond acceptors (Lipinski definition) is 4. The minimum Gasteiger partial charge on any atom is -0.480 e. The van der Waals surface area contributed by atoms with Crippen LogP contribution in [0.3, 0.4) is 0 Å². The first-order valence-corrected chi connectivity index (χ1v) is 5.11. The van der Waals surface area contributed by atoms with Crippen LogP contribution in [0, 0.1) is 11.3 Å². The largest absolute Gasteiger partial charge is 0.480 e. The molecule has 0 saturated heterocycles. The normalized spacial score (nSPS) is 9.56. The van der Waals surface area contributed by atoms with Gasteiger partial charge in [0, 0.05) is 12.7 Å². The summed E-state index contributed by atoms with van der Waals surface area (Å²) in [4.78, 5) is 23.2. The molecule has 1 N–H and O–H groups in total. The van der Waals surface area contributed by atoms with Crippen LogP contribution in [-0.2, 0) is 14.3 Å². The molecule has 1 aromatic rings. The minimum atomic E-state index is -1.12. The van der Waals surface area contributed by atoms with E-state index in [1.807, 2.05) is 6.07 Å². The fourth-order valence-corrected chi connectivity index (χ4v) is 1.23. The number of ether oxygens (including phenoxy) is 1. The number of carboxylic acids is 1. The van der Waals surface area contributed by atoms with Crippen LogP contribution in [0.4, 0.5) is 5.69 Å². The summed E-state index contributed by atoms with van der Waals surface area (Å²) in [5, 5.41) is 17.0. The molecule has 0 aliphatic rings. The third-order valence-corrected chi connectivity index (χ3v) is 2.21. The molecular weight excluding hydrogens is 236 g/mol. The number of carboxylic acid groups (broad SMARTS) is 1. The number of carbonyl (C=O) groups is 2. The van der Waals surface area contributed by atoms with Crippen molar-refractivity contribution in [1.82, 2.24) is 0 Å². The summed E-state index contributed by atoms with van der Waals surface area (Å²) in [6.45, 7) is -0.810. The number of likely N-dealkylation sites (N-methyl/N-ethyl adjacent to an activating group) is 1. The molecule has 0 unspecified atom stereocenters. The van der Waals surface area contributed by atoms with Crippen LogP contribution < -0.4 is 4.90 Å². The summed E-state index contributed by atoms with van der Waals surface area (Å²) in [5.41, 5.74) is 1.11. The van der Waals surface area contributed by atoms with Crippen LogP contribution >= 0.6 is 0 Å². The van der Waals surface area contributed by atoms with Crippen molar-refractivity contribution in [2.75, 3.05) is 25.2 Å². The maximum absolute atomic E-state index is 11.6. The second kappa shape index (κ2) is 6.37. The lowest BCUT2D eigenvalue weighted by molar-refractivity contribution is -0.143. The molecule has 94 valence electrons. The van der Waals surface area contributed by atoms with Gasteiger partial charge in [-0.3, -0.25) is 4.79 Å². The van der Waals surface area contributed by atoms with Gasteiger partial charge in [0.15, 0.2) is 0 Å². The summed E-state index contributed by atoms with van der Waals surface area (Å²) >= 11 is 0. The molecule has 0 aliphatic heterocycles. The highest BCUT2D eigenvalue weighted by Gasteiger charge is 2.11. The SMILES string of the molecule is CN(C(=O)COCC(=O)O)c1ccc(C#N)cc1. The Morgan fingerprint density at radius 2 is 1.94 bits per heavy atom. The molecule has 0 saturated carbocycles. The smallest absolute Gasteiger partial charge is 0.329 e. The number of aliphatic carboxylic acids is 1. The molecule has 0 heterocycles. The van der Waals surface area contributed by atoms with Gasteiger partial charge >= 0.3 is 5.97 Å². The standard InChI is InChI=1S/C12H12N2O4/c1-14(11(15)7-18-8-12(16)17)10-4-2-9(6-13)3-5-10/h2-5H,7-8H2,1H3,(H,16,17). The van der Waals surface area contributed by atoms with Crippen molar-refractivity contribution in [2.45, 2.75) is 0 Å². The van der Waals surface area contributed by atoms with E-state index >= 15 is 0 Å². The Balaban J connectivity index is 2.57. The fraction of sp³-hybridized carbons (Fsp3) is 0.250. The molecule has 0 fully saturated rings. The monoisotopic (exact) mass is 248 g/mol. The Labute approximate surface area is 104 Å². The Hall–Kier alpha value is -2.39. The number of anilines is 1. The van der Waals surface area contributed by atoms with Crippen LogP contribution in [0.2, 0.25) is 0 Å². The third kappa shape index (κ3) is 3.88. The van der Waals surface area contributed by atoms with Crippen molar-refractivity contribution in [3.63, 3.8) is 0 Å². The van der Waals surface area contributed by atoms with Crippen LogP contribution in [0.1, 0.15) is 5.56 Å². The van der Waals surface area contributed by atoms with Gasteiger partial charge in [-0.1, -0.05) is 0 Å². The first-order valence-electron chi connectivity index (χ1n) is 5.11. The predicted molar refractivity (Wildman–Crippen MR) is 63.0 cm³/mol. The summed E-state index contributed by atoms with van der Waals surface area (Å²) < 4.78 is 4.70. The first-order chi connectivity index (χ1) is 8.54. The molecule has 0 radical (unpaired) electrons. The van der Waals surface area contributed by atoms with Gasteiger partial charge in [0.25, 0.3) is 5.91 Å². The van der Waals surface area contributed by atoms with Gasteiger partial charge in [-0.15, -0.1) is 0 Å². The topological polar surface area (TPSA) is 90.6 Å². The molecule has 0 spiro atoms. The van der Waals surface area contributed by atoms with Crippen molar-refractivity contribution in [2.24, 2.45) is 0 Å². The Bertz CT molecular complexity index is 476. The number of amides is 1. The van der Waals surface area contributed by atoms with E-state index in [-0.39, 0.29) is 12.5 Å². The molecular formula is C12H12N2O4. The minimum absolute atomic E-state index is 0.303. The summed E-state index contributed by atoms with van der Waals surface area (Å²) in [6.07, 6.45) is 0. The van der Waals surface area contributed by atoms with E-state index in [2.05, 4.69) is 0 Å². The predicted octanol–water partition coefficient (Wildman–Crippen LogP) is 0.622. The molecule has 0 atom stereocenters. The highest BCUT2D eigenvalue weighted by atomic mass is 16.5. The lowest BCUT2D eigenvalue weighted by Crippen LogP contribution is -2.30. The zero-order valence-corrected chi connectivity index (χ0v) is 9.79. The van der Waals surface area contributed by atoms with Gasteiger partial charge in [-0.2, -0.15) is 5.26 Å². The number of benzene rings is 1. The zero-order valence-electron chi connectivity index (χ0n) is 9.79. The summed E-state index contributed by atoms with van der Waals surface area (Å²) in [7, 11) is 1.55. The van der Waals surface area contributed by atoms with Crippen molar-refractivity contribution in [3.05, 3.63) is 29.8 Å². The van der Waals surface area contributed by atoms with E-state index in [0.717, 1.165) is 0 Å². The molecule has 0 bridgehead atoms. The molecule has 1 rings (SSSR count). The van der Waals surface area contributed by atoms with Crippen LogP contribution in [0.5, 0.6) is 0 Å². The lowest BCUT2D eigenvalue weighted by Gasteiger charge is -2.17. The Morgan fingerprint density at radius 3 is 2.44 bits per heavy atom. The van der Waals surface area contributed by atoms with Crippen LogP contribution in [0.25, 0.3) is 0 Å². The van der Waals surface area contributed by atoms with Crippen molar-refractivity contribution in [3.8, 4) is 6.07 Å². The van der Waals surface area contributed by atoms with Gasteiger partial charge in [0.1, 0.15) is 13.2 Å².